The SMILES string of the molecule is c1cc(C2OCCO2)c2cc[nH]c2n1. The summed E-state index contributed by atoms with van der Waals surface area (Å²) in [5.74, 6) is 0. The number of pyridine rings is 1. The van der Waals surface area contributed by atoms with Crippen LogP contribution in [0, 0.1) is 0 Å². The van der Waals surface area contributed by atoms with Crippen molar-refractivity contribution < 1.29 is 9.47 Å². The number of ether oxygens (including phenoxy) is 2. The Morgan fingerprint density at radius 1 is 1.29 bits per heavy atom. The van der Waals surface area contributed by atoms with E-state index in [1.165, 1.54) is 0 Å². The molecule has 0 bridgehead atoms. The van der Waals surface area contributed by atoms with E-state index >= 15 is 0 Å². The molecule has 0 aliphatic carbocycles. The highest BCUT2D eigenvalue weighted by Crippen LogP contribution is 2.28. The Kier molecular flexibility index (Phi) is 1.75. The number of hydrogen-bond acceptors (Lipinski definition) is 3. The van der Waals surface area contributed by atoms with Crippen molar-refractivity contribution in [3.63, 3.8) is 0 Å². The van der Waals surface area contributed by atoms with E-state index in [1.54, 1.807) is 6.20 Å². The molecular formula is C10H10N2O2. The summed E-state index contributed by atoms with van der Waals surface area (Å²) in [5, 5.41) is 1.07. The molecule has 1 aliphatic heterocycles. The molecule has 1 aliphatic rings. The van der Waals surface area contributed by atoms with Gasteiger partial charge < -0.3 is 14.5 Å². The summed E-state index contributed by atoms with van der Waals surface area (Å²) in [7, 11) is 0. The zero-order chi connectivity index (χ0) is 9.38. The molecule has 0 amide bonds. The maximum Gasteiger partial charge on any atom is 0.184 e. The summed E-state index contributed by atoms with van der Waals surface area (Å²) in [6.07, 6.45) is 3.41. The molecule has 72 valence electrons. The first-order chi connectivity index (χ1) is 6.95. The van der Waals surface area contributed by atoms with Gasteiger partial charge in [-0.1, -0.05) is 0 Å². The number of nitrogens with one attached hydrogen (secondary N) is 1. The van der Waals surface area contributed by atoms with Gasteiger partial charge in [-0.2, -0.15) is 0 Å². The van der Waals surface area contributed by atoms with E-state index in [-0.39, 0.29) is 6.29 Å². The maximum absolute atomic E-state index is 5.45. The third kappa shape index (κ3) is 1.12. The first-order valence-electron chi connectivity index (χ1n) is 4.60. The molecule has 0 unspecified atom stereocenters. The van der Waals surface area contributed by atoms with Crippen molar-refractivity contribution in [3.8, 4) is 0 Å². The maximum atomic E-state index is 5.45. The standard InChI is InChI=1S/C10H10N2O2/c1-3-11-9-7(1)8(2-4-12-9)10-13-5-6-14-10/h1-4,10H,5-6H2,(H,11,12). The van der Waals surface area contributed by atoms with Crippen LogP contribution in [0.25, 0.3) is 11.0 Å². The normalized spacial score (nSPS) is 18.0. The second kappa shape index (κ2) is 3.08. The molecule has 4 heteroatoms. The number of aromatic nitrogens is 2. The average Bonchev–Trinajstić information content (AvgIpc) is 2.88. The van der Waals surface area contributed by atoms with Crippen LogP contribution >= 0.6 is 0 Å². The second-order valence-corrected chi connectivity index (χ2v) is 3.21. The summed E-state index contributed by atoms with van der Waals surface area (Å²) in [6.45, 7) is 1.33. The lowest BCUT2D eigenvalue weighted by molar-refractivity contribution is -0.0430. The second-order valence-electron chi connectivity index (χ2n) is 3.21. The van der Waals surface area contributed by atoms with Gasteiger partial charge in [-0.25, -0.2) is 4.98 Å². The van der Waals surface area contributed by atoms with E-state index in [0.717, 1.165) is 16.6 Å². The smallest absolute Gasteiger partial charge is 0.184 e. The number of aromatic amines is 1. The van der Waals surface area contributed by atoms with Crippen molar-refractivity contribution in [1.29, 1.82) is 0 Å². The fourth-order valence-electron chi connectivity index (χ4n) is 1.73. The van der Waals surface area contributed by atoms with Crippen molar-refractivity contribution in [1.82, 2.24) is 9.97 Å². The lowest BCUT2D eigenvalue weighted by atomic mass is 10.2. The first-order valence-corrected chi connectivity index (χ1v) is 4.60. The van der Waals surface area contributed by atoms with Crippen LogP contribution in [0.1, 0.15) is 11.9 Å². The molecule has 0 atom stereocenters. The van der Waals surface area contributed by atoms with Gasteiger partial charge in [-0.3, -0.25) is 0 Å². The zero-order valence-electron chi connectivity index (χ0n) is 7.56. The van der Waals surface area contributed by atoms with E-state index in [0.29, 0.717) is 13.2 Å². The van der Waals surface area contributed by atoms with Gasteiger partial charge in [-0.15, -0.1) is 0 Å². The van der Waals surface area contributed by atoms with Crippen LogP contribution in [0.4, 0.5) is 0 Å². The van der Waals surface area contributed by atoms with E-state index < -0.39 is 0 Å². The minimum atomic E-state index is -0.226. The Balaban J connectivity index is 2.14. The largest absolute Gasteiger partial charge is 0.346 e. The Bertz CT molecular complexity index is 446. The molecule has 0 radical (unpaired) electrons. The quantitative estimate of drug-likeness (QED) is 0.743. The minimum absolute atomic E-state index is 0.226. The highest BCUT2D eigenvalue weighted by Gasteiger charge is 2.20. The zero-order valence-corrected chi connectivity index (χ0v) is 7.56. The molecule has 0 spiro atoms. The van der Waals surface area contributed by atoms with Gasteiger partial charge >= 0.3 is 0 Å². The molecule has 2 aromatic heterocycles. The monoisotopic (exact) mass is 190 g/mol. The fraction of sp³-hybridized carbons (Fsp3) is 0.300. The number of fused-ring (bicyclic) bond motifs is 1. The molecule has 4 nitrogen and oxygen atoms in total. The van der Waals surface area contributed by atoms with Crippen LogP contribution in [0.2, 0.25) is 0 Å². The molecule has 3 heterocycles. The van der Waals surface area contributed by atoms with E-state index in [1.807, 2.05) is 18.3 Å². The van der Waals surface area contributed by atoms with Crippen molar-refractivity contribution in [2.45, 2.75) is 6.29 Å². The van der Waals surface area contributed by atoms with Crippen molar-refractivity contribution >= 4 is 11.0 Å². The van der Waals surface area contributed by atoms with Crippen LogP contribution in [0.15, 0.2) is 24.5 Å². The third-order valence-corrected chi connectivity index (χ3v) is 2.37. The summed E-state index contributed by atoms with van der Waals surface area (Å²) >= 11 is 0. The van der Waals surface area contributed by atoms with Crippen LogP contribution in [-0.2, 0) is 9.47 Å². The summed E-state index contributed by atoms with van der Waals surface area (Å²) in [6, 6.07) is 3.93. The summed E-state index contributed by atoms with van der Waals surface area (Å²) < 4.78 is 10.9. The first kappa shape index (κ1) is 7.96. The van der Waals surface area contributed by atoms with E-state index in [2.05, 4.69) is 9.97 Å². The predicted octanol–water partition coefficient (Wildman–Crippen LogP) is 1.61. The average molecular weight is 190 g/mol. The third-order valence-electron chi connectivity index (χ3n) is 2.37. The molecular weight excluding hydrogens is 180 g/mol. The lowest BCUT2D eigenvalue weighted by Gasteiger charge is -2.09. The molecule has 3 rings (SSSR count). The molecule has 0 aromatic carbocycles. The Morgan fingerprint density at radius 2 is 2.14 bits per heavy atom. The van der Waals surface area contributed by atoms with E-state index in [9.17, 15) is 0 Å². The van der Waals surface area contributed by atoms with Crippen LogP contribution < -0.4 is 0 Å². The van der Waals surface area contributed by atoms with Crippen LogP contribution in [-0.4, -0.2) is 23.2 Å². The van der Waals surface area contributed by atoms with Gasteiger partial charge in [0.05, 0.1) is 13.2 Å². The Morgan fingerprint density at radius 3 is 3.00 bits per heavy atom. The predicted molar refractivity (Wildman–Crippen MR) is 50.7 cm³/mol. The van der Waals surface area contributed by atoms with E-state index in [4.69, 9.17) is 9.47 Å². The highest BCUT2D eigenvalue weighted by molar-refractivity contribution is 5.79. The van der Waals surface area contributed by atoms with Gasteiger partial charge in [0.25, 0.3) is 0 Å². The number of nitrogens with zero attached hydrogens (tertiary/aromatic N) is 1. The Hall–Kier alpha value is -1.39. The van der Waals surface area contributed by atoms with Crippen LogP contribution in [0.3, 0.4) is 0 Å². The van der Waals surface area contributed by atoms with Gasteiger partial charge in [-0.05, 0) is 12.1 Å². The van der Waals surface area contributed by atoms with Crippen molar-refractivity contribution in [3.05, 3.63) is 30.1 Å². The molecule has 1 saturated heterocycles. The number of H-pyrrole nitrogens is 1. The van der Waals surface area contributed by atoms with Gasteiger partial charge in [0.1, 0.15) is 5.65 Å². The fourth-order valence-corrected chi connectivity index (χ4v) is 1.73. The minimum Gasteiger partial charge on any atom is -0.346 e. The Labute approximate surface area is 80.9 Å². The van der Waals surface area contributed by atoms with Crippen molar-refractivity contribution in [2.75, 3.05) is 13.2 Å². The topological polar surface area (TPSA) is 47.1 Å². The van der Waals surface area contributed by atoms with Gasteiger partial charge in [0.15, 0.2) is 6.29 Å². The highest BCUT2D eigenvalue weighted by atomic mass is 16.7. The molecule has 0 saturated carbocycles. The lowest BCUT2D eigenvalue weighted by Crippen LogP contribution is -1.98. The van der Waals surface area contributed by atoms with Crippen LogP contribution in [0.5, 0.6) is 0 Å². The molecule has 1 fully saturated rings. The summed E-state index contributed by atoms with van der Waals surface area (Å²) in [5.41, 5.74) is 1.93. The van der Waals surface area contributed by atoms with Gasteiger partial charge in [0, 0.05) is 23.3 Å². The molecule has 14 heavy (non-hydrogen) atoms. The number of rotatable bonds is 1. The summed E-state index contributed by atoms with van der Waals surface area (Å²) in [4.78, 5) is 7.27. The molecule has 1 N–H and O–H groups in total. The van der Waals surface area contributed by atoms with Crippen molar-refractivity contribution in [2.24, 2.45) is 0 Å². The molecule has 2 aromatic rings. The number of hydrogen-bond donors (Lipinski definition) is 1. The van der Waals surface area contributed by atoms with Gasteiger partial charge in [0.2, 0.25) is 0 Å².